The molecule has 1 amide bonds. The second-order valence-corrected chi connectivity index (χ2v) is 7.15. The Kier molecular flexibility index (Phi) is 5.59. The maximum atomic E-state index is 13.0. The van der Waals surface area contributed by atoms with Crippen molar-refractivity contribution in [3.63, 3.8) is 0 Å². The van der Waals surface area contributed by atoms with Gasteiger partial charge in [-0.15, -0.1) is 0 Å². The standard InChI is InChI=1S/C24H22N2O4/c1-30-15-5-14-26-21(17-10-12-25-13-11-17)20(23(28)24(26)29)22(27)19-9-4-7-16-6-2-3-8-18(16)19/h2-4,6-13,21,27H,5,14-15H2,1H3/b22-20-. The second kappa shape index (κ2) is 8.47. The minimum absolute atomic E-state index is 0.0972. The van der Waals surface area contributed by atoms with Gasteiger partial charge in [0.25, 0.3) is 11.7 Å². The van der Waals surface area contributed by atoms with Crippen LogP contribution in [0.4, 0.5) is 0 Å². The summed E-state index contributed by atoms with van der Waals surface area (Å²) in [5, 5.41) is 13.0. The van der Waals surface area contributed by atoms with Gasteiger partial charge >= 0.3 is 0 Å². The first-order valence-corrected chi connectivity index (χ1v) is 9.79. The molecule has 0 radical (unpaired) electrons. The molecule has 0 bridgehead atoms. The highest BCUT2D eigenvalue weighted by Gasteiger charge is 2.45. The van der Waals surface area contributed by atoms with Gasteiger partial charge in [-0.1, -0.05) is 42.5 Å². The number of fused-ring (bicyclic) bond motifs is 1. The van der Waals surface area contributed by atoms with Crippen molar-refractivity contribution < 1.29 is 19.4 Å². The number of nitrogens with zero attached hydrogens (tertiary/aromatic N) is 2. The number of amides is 1. The SMILES string of the molecule is COCCCN1C(=O)C(=O)/C(=C(\O)c2cccc3ccccc23)C1c1ccncc1. The molecule has 0 aliphatic carbocycles. The van der Waals surface area contributed by atoms with Gasteiger partial charge in [0.1, 0.15) is 5.76 Å². The molecule has 1 aliphatic heterocycles. The summed E-state index contributed by atoms with van der Waals surface area (Å²) in [5.41, 5.74) is 1.35. The van der Waals surface area contributed by atoms with Crippen molar-refractivity contribution in [3.05, 3.63) is 83.7 Å². The summed E-state index contributed by atoms with van der Waals surface area (Å²) < 4.78 is 5.10. The quantitative estimate of drug-likeness (QED) is 0.294. The van der Waals surface area contributed by atoms with E-state index in [1.807, 2.05) is 36.4 Å². The molecule has 4 rings (SSSR count). The number of carbonyl (C=O) groups excluding carboxylic acids is 2. The first-order valence-electron chi connectivity index (χ1n) is 9.79. The van der Waals surface area contributed by atoms with Crippen molar-refractivity contribution in [2.24, 2.45) is 0 Å². The number of aromatic nitrogens is 1. The lowest BCUT2D eigenvalue weighted by Crippen LogP contribution is -2.31. The normalized spacial score (nSPS) is 18.3. The van der Waals surface area contributed by atoms with Gasteiger partial charge in [0.2, 0.25) is 0 Å². The van der Waals surface area contributed by atoms with Crippen LogP contribution in [0.25, 0.3) is 16.5 Å². The lowest BCUT2D eigenvalue weighted by atomic mass is 9.94. The van der Waals surface area contributed by atoms with E-state index in [0.717, 1.165) is 16.3 Å². The highest BCUT2D eigenvalue weighted by molar-refractivity contribution is 6.46. The molecule has 3 aromatic rings. The van der Waals surface area contributed by atoms with Crippen molar-refractivity contribution in [2.75, 3.05) is 20.3 Å². The molecule has 1 atom stereocenters. The summed E-state index contributed by atoms with van der Waals surface area (Å²) in [4.78, 5) is 31.4. The van der Waals surface area contributed by atoms with E-state index in [0.29, 0.717) is 25.1 Å². The fraction of sp³-hybridized carbons (Fsp3) is 0.208. The van der Waals surface area contributed by atoms with Crippen LogP contribution in [0, 0.1) is 0 Å². The molecule has 1 saturated heterocycles. The number of ether oxygens (including phenoxy) is 1. The number of carbonyl (C=O) groups is 2. The van der Waals surface area contributed by atoms with Crippen LogP contribution in [0.1, 0.15) is 23.6 Å². The maximum Gasteiger partial charge on any atom is 0.295 e. The van der Waals surface area contributed by atoms with E-state index in [9.17, 15) is 14.7 Å². The van der Waals surface area contributed by atoms with Crippen molar-refractivity contribution in [1.82, 2.24) is 9.88 Å². The number of aliphatic hydroxyl groups excluding tert-OH is 1. The van der Waals surface area contributed by atoms with Crippen LogP contribution in [-0.2, 0) is 14.3 Å². The van der Waals surface area contributed by atoms with Crippen molar-refractivity contribution in [1.29, 1.82) is 0 Å². The fourth-order valence-electron chi connectivity index (χ4n) is 3.96. The number of rotatable bonds is 6. The van der Waals surface area contributed by atoms with E-state index in [4.69, 9.17) is 4.74 Å². The summed E-state index contributed by atoms with van der Waals surface area (Å²) in [6.07, 6.45) is 3.81. The number of Topliss-reactive ketones (excluding diaryl/α,β-unsaturated/α-hetero) is 1. The topological polar surface area (TPSA) is 79.7 Å². The lowest BCUT2D eigenvalue weighted by molar-refractivity contribution is -0.140. The third kappa shape index (κ3) is 3.46. The molecule has 2 heterocycles. The van der Waals surface area contributed by atoms with Gasteiger partial charge in [-0.2, -0.15) is 0 Å². The third-order valence-corrected chi connectivity index (χ3v) is 5.35. The Labute approximate surface area is 174 Å². The van der Waals surface area contributed by atoms with Crippen molar-refractivity contribution in [3.8, 4) is 0 Å². The van der Waals surface area contributed by atoms with Gasteiger partial charge in [-0.05, 0) is 34.9 Å². The predicted molar refractivity (Wildman–Crippen MR) is 114 cm³/mol. The number of likely N-dealkylation sites (tertiary alicyclic amines) is 1. The molecule has 6 heteroatoms. The molecule has 1 aliphatic rings. The molecule has 30 heavy (non-hydrogen) atoms. The Hall–Kier alpha value is -3.51. The van der Waals surface area contributed by atoms with Gasteiger partial charge in [0.05, 0.1) is 11.6 Å². The summed E-state index contributed by atoms with van der Waals surface area (Å²) in [6, 6.07) is 16.0. The van der Waals surface area contributed by atoms with E-state index in [1.165, 1.54) is 4.90 Å². The van der Waals surface area contributed by atoms with Crippen LogP contribution in [0.3, 0.4) is 0 Å². The zero-order chi connectivity index (χ0) is 21.1. The number of methoxy groups -OCH3 is 1. The van der Waals surface area contributed by atoms with E-state index >= 15 is 0 Å². The number of ketones is 1. The number of pyridine rings is 1. The highest BCUT2D eigenvalue weighted by Crippen LogP contribution is 2.40. The maximum absolute atomic E-state index is 13.0. The van der Waals surface area contributed by atoms with E-state index in [-0.39, 0.29) is 11.3 Å². The molecule has 6 nitrogen and oxygen atoms in total. The summed E-state index contributed by atoms with van der Waals surface area (Å²) in [7, 11) is 1.59. The average molecular weight is 402 g/mol. The molecule has 1 unspecified atom stereocenters. The highest BCUT2D eigenvalue weighted by atomic mass is 16.5. The Balaban J connectivity index is 1.89. The predicted octanol–water partition coefficient (Wildman–Crippen LogP) is 3.69. The average Bonchev–Trinajstić information content (AvgIpc) is 3.04. The Morgan fingerprint density at radius 1 is 1.07 bits per heavy atom. The Bertz CT molecular complexity index is 1120. The zero-order valence-corrected chi connectivity index (χ0v) is 16.6. The molecule has 152 valence electrons. The van der Waals surface area contributed by atoms with Gasteiger partial charge in [0, 0.05) is 38.2 Å². The third-order valence-electron chi connectivity index (χ3n) is 5.35. The minimum Gasteiger partial charge on any atom is -0.507 e. The molecule has 1 fully saturated rings. The summed E-state index contributed by atoms with van der Waals surface area (Å²) >= 11 is 0. The van der Waals surface area contributed by atoms with Gasteiger partial charge in [-0.3, -0.25) is 14.6 Å². The summed E-state index contributed by atoms with van der Waals surface area (Å²) in [6.45, 7) is 0.813. The number of benzene rings is 2. The van der Waals surface area contributed by atoms with Crippen LogP contribution >= 0.6 is 0 Å². The number of hydrogen-bond acceptors (Lipinski definition) is 5. The van der Waals surface area contributed by atoms with Crippen molar-refractivity contribution in [2.45, 2.75) is 12.5 Å². The number of hydrogen-bond donors (Lipinski definition) is 1. The fourth-order valence-corrected chi connectivity index (χ4v) is 3.96. The molecular weight excluding hydrogens is 380 g/mol. The van der Waals surface area contributed by atoms with E-state index < -0.39 is 17.7 Å². The molecule has 0 spiro atoms. The Morgan fingerprint density at radius 2 is 1.80 bits per heavy atom. The number of aliphatic hydroxyl groups is 1. The monoisotopic (exact) mass is 402 g/mol. The minimum atomic E-state index is -0.681. The zero-order valence-electron chi connectivity index (χ0n) is 16.6. The molecular formula is C24H22N2O4. The van der Waals surface area contributed by atoms with Crippen LogP contribution in [0.2, 0.25) is 0 Å². The lowest BCUT2D eigenvalue weighted by Gasteiger charge is -2.25. The smallest absolute Gasteiger partial charge is 0.295 e. The summed E-state index contributed by atoms with van der Waals surface area (Å²) in [5.74, 6) is -1.46. The van der Waals surface area contributed by atoms with Crippen LogP contribution in [0.5, 0.6) is 0 Å². The van der Waals surface area contributed by atoms with Crippen LogP contribution < -0.4 is 0 Å². The molecule has 1 aromatic heterocycles. The van der Waals surface area contributed by atoms with Crippen LogP contribution in [-0.4, -0.2) is 46.9 Å². The van der Waals surface area contributed by atoms with Crippen molar-refractivity contribution >= 4 is 28.2 Å². The van der Waals surface area contributed by atoms with Gasteiger partial charge < -0.3 is 14.7 Å². The van der Waals surface area contributed by atoms with E-state index in [2.05, 4.69) is 4.98 Å². The van der Waals surface area contributed by atoms with Crippen LogP contribution in [0.15, 0.2) is 72.6 Å². The second-order valence-electron chi connectivity index (χ2n) is 7.15. The molecule has 2 aromatic carbocycles. The van der Waals surface area contributed by atoms with Gasteiger partial charge in [-0.25, -0.2) is 0 Å². The molecule has 1 N–H and O–H groups in total. The largest absolute Gasteiger partial charge is 0.507 e. The first-order chi connectivity index (χ1) is 14.6. The van der Waals surface area contributed by atoms with Gasteiger partial charge in [0.15, 0.2) is 0 Å². The Morgan fingerprint density at radius 3 is 2.57 bits per heavy atom. The first kappa shape index (κ1) is 19.8. The van der Waals surface area contributed by atoms with E-state index in [1.54, 1.807) is 37.7 Å². The molecule has 0 saturated carbocycles.